The Morgan fingerprint density at radius 3 is 2.53 bits per heavy atom. The Balaban J connectivity index is 1.35. The van der Waals surface area contributed by atoms with E-state index in [2.05, 4.69) is 56.8 Å². The molecule has 2 nitrogen and oxygen atoms in total. The van der Waals surface area contributed by atoms with E-state index in [1.54, 1.807) is 0 Å². The maximum atomic E-state index is 4.87. The maximum absolute atomic E-state index is 4.87. The Labute approximate surface area is 219 Å². The van der Waals surface area contributed by atoms with Gasteiger partial charge in [-0.2, -0.15) is 30.4 Å². The van der Waals surface area contributed by atoms with Crippen molar-refractivity contribution in [3.63, 3.8) is 0 Å². The second kappa shape index (κ2) is 8.47. The Morgan fingerprint density at radius 2 is 1.85 bits per heavy atom. The van der Waals surface area contributed by atoms with Crippen LogP contribution in [0.3, 0.4) is 0 Å². The predicted molar refractivity (Wildman–Crippen MR) is 150 cm³/mol. The first-order valence-corrected chi connectivity index (χ1v) is 14.6. The van der Waals surface area contributed by atoms with E-state index in [-0.39, 0.29) is 9.49 Å². The number of rotatable bonds is 5. The first kappa shape index (κ1) is 25.1. The molecule has 0 N–H and O–H groups in total. The van der Waals surface area contributed by atoms with Crippen LogP contribution in [-0.2, 0) is 6.54 Å². The average molecular weight is 499 g/mol. The summed E-state index contributed by atoms with van der Waals surface area (Å²) >= 11 is 9.75. The summed E-state index contributed by atoms with van der Waals surface area (Å²) < 4.78 is 1.77. The van der Waals surface area contributed by atoms with Gasteiger partial charge in [-0.25, -0.2) is 0 Å². The summed E-state index contributed by atoms with van der Waals surface area (Å²) in [5.74, 6) is 3.97. The third-order valence-electron chi connectivity index (χ3n) is 12.1. The fourth-order valence-corrected chi connectivity index (χ4v) is 10.1. The molecule has 0 amide bonds. The molecule has 0 spiro atoms. The number of nitrogens with zero attached hydrogens (tertiary/aromatic N) is 2. The third kappa shape index (κ3) is 3.63. The summed E-state index contributed by atoms with van der Waals surface area (Å²) in [6.45, 7) is 19.5. The zero-order valence-corrected chi connectivity index (χ0v) is 23.7. The minimum absolute atomic E-state index is 0.208. The number of aryl methyl sites for hydroxylation is 1. The van der Waals surface area contributed by atoms with Gasteiger partial charge in [-0.1, -0.05) is 33.4 Å². The minimum Gasteiger partial charge on any atom is -0.268 e. The molecule has 1 aromatic rings. The molecule has 5 rings (SSSR count). The molecule has 4 aliphatic carbocycles. The van der Waals surface area contributed by atoms with Gasteiger partial charge in [0, 0.05) is 6.20 Å². The molecule has 4 fully saturated rings. The highest BCUT2D eigenvalue weighted by Crippen LogP contribution is 2.72. The molecule has 0 bridgehead atoms. The quantitative estimate of drug-likeness (QED) is 0.238. The van der Waals surface area contributed by atoms with E-state index >= 15 is 0 Å². The van der Waals surface area contributed by atoms with Gasteiger partial charge in [0.05, 0.1) is 16.8 Å². The minimum atomic E-state index is -0.329. The van der Waals surface area contributed by atoms with Crippen LogP contribution in [0.5, 0.6) is 0 Å². The lowest BCUT2D eigenvalue weighted by Crippen LogP contribution is -2.55. The molecule has 4 aliphatic rings. The largest absolute Gasteiger partial charge is 0.268 e. The molecular weight excluding hydrogens is 452 g/mol. The average Bonchev–Trinajstić information content (AvgIpc) is 3.33. The second-order valence-corrected chi connectivity index (χ2v) is 15.1. The lowest BCUT2D eigenvalue weighted by Gasteiger charge is -2.63. The van der Waals surface area contributed by atoms with Gasteiger partial charge < -0.3 is 0 Å². The van der Waals surface area contributed by atoms with E-state index < -0.39 is 0 Å². The van der Waals surface area contributed by atoms with Crippen molar-refractivity contribution in [3.05, 3.63) is 42.8 Å². The van der Waals surface area contributed by atoms with Crippen LogP contribution in [0.15, 0.2) is 37.2 Å². The van der Waals surface area contributed by atoms with Crippen LogP contribution in [-0.4, -0.2) is 13.9 Å². The van der Waals surface area contributed by atoms with Crippen molar-refractivity contribution in [2.24, 2.45) is 45.8 Å². The van der Waals surface area contributed by atoms with Gasteiger partial charge in [0.15, 0.2) is 0 Å². The van der Waals surface area contributed by atoms with Crippen molar-refractivity contribution in [2.75, 3.05) is 0 Å². The van der Waals surface area contributed by atoms with Crippen LogP contribution in [0.1, 0.15) is 84.1 Å². The summed E-state index contributed by atoms with van der Waals surface area (Å²) in [6, 6.07) is 0. The number of thiol groups is 2. The van der Waals surface area contributed by atoms with Gasteiger partial charge in [-0.05, 0) is 122 Å². The summed E-state index contributed by atoms with van der Waals surface area (Å²) in [6.07, 6.45) is 18.2. The van der Waals surface area contributed by atoms with Crippen LogP contribution in [0, 0.1) is 52.8 Å². The van der Waals surface area contributed by atoms with Crippen LogP contribution in [0.2, 0.25) is 0 Å². The Bertz CT molecular complexity index is 965. The predicted octanol–water partition coefficient (Wildman–Crippen LogP) is 8.15. The smallest absolute Gasteiger partial charge is 0.0758 e. The number of aromatic nitrogens is 2. The standard InChI is InChI=1S/C30H46N2S2/c1-7-30(33,34)23-10-13-27(4)22(16-23)8-9-24-25(27)11-15-29(6)26(24)12-14-28(29,5)21(3)19-32-18-20(2)17-31-32/h7,17-18,22-26,33-34H,1,3,8-16,19H2,2,4-6H3. The monoisotopic (exact) mass is 498 g/mol. The molecule has 34 heavy (non-hydrogen) atoms. The molecule has 0 saturated heterocycles. The Morgan fingerprint density at radius 1 is 1.12 bits per heavy atom. The number of hydrogen-bond donors (Lipinski definition) is 2. The van der Waals surface area contributed by atoms with Crippen LogP contribution < -0.4 is 0 Å². The lowest BCUT2D eigenvalue weighted by atomic mass is 9.42. The molecule has 4 saturated carbocycles. The Kier molecular flexibility index (Phi) is 6.24. The zero-order valence-electron chi connectivity index (χ0n) is 21.9. The molecule has 8 unspecified atom stereocenters. The fraction of sp³-hybridized carbons (Fsp3) is 0.767. The fourth-order valence-electron chi connectivity index (χ4n) is 9.58. The van der Waals surface area contributed by atoms with Crippen LogP contribution in [0.25, 0.3) is 0 Å². The highest BCUT2D eigenvalue weighted by Gasteiger charge is 2.64. The molecule has 0 radical (unpaired) electrons. The SMILES string of the molecule is C=CC(S)(S)C1CCC2(C)C(CCC3C2CCC2(C)C3CCC2(C)C(=C)Cn2cc(C)cn2)C1. The summed E-state index contributed by atoms with van der Waals surface area (Å²) in [5, 5.41) is 4.57. The molecule has 4 heteroatoms. The molecule has 8 atom stereocenters. The molecule has 0 aliphatic heterocycles. The maximum Gasteiger partial charge on any atom is 0.0758 e. The van der Waals surface area contributed by atoms with E-state index in [0.717, 1.165) is 30.2 Å². The summed E-state index contributed by atoms with van der Waals surface area (Å²) in [4.78, 5) is 0. The van der Waals surface area contributed by atoms with Gasteiger partial charge >= 0.3 is 0 Å². The van der Waals surface area contributed by atoms with E-state index in [0.29, 0.717) is 16.7 Å². The normalized spacial score (nSPS) is 44.1. The van der Waals surface area contributed by atoms with E-state index in [1.807, 2.05) is 12.3 Å². The molecular formula is C30H46N2S2. The van der Waals surface area contributed by atoms with Crippen LogP contribution in [0.4, 0.5) is 0 Å². The molecule has 0 aromatic carbocycles. The number of fused-ring (bicyclic) bond motifs is 5. The van der Waals surface area contributed by atoms with Gasteiger partial charge in [-0.3, -0.25) is 4.68 Å². The van der Waals surface area contributed by atoms with E-state index in [4.69, 9.17) is 25.3 Å². The van der Waals surface area contributed by atoms with E-state index in [9.17, 15) is 0 Å². The first-order chi connectivity index (χ1) is 15.9. The molecule has 1 heterocycles. The third-order valence-corrected chi connectivity index (χ3v) is 13.2. The van der Waals surface area contributed by atoms with Crippen molar-refractivity contribution in [1.82, 2.24) is 9.78 Å². The van der Waals surface area contributed by atoms with Crippen molar-refractivity contribution in [2.45, 2.75) is 96.1 Å². The molecule has 188 valence electrons. The van der Waals surface area contributed by atoms with Gasteiger partial charge in [0.25, 0.3) is 0 Å². The second-order valence-electron chi connectivity index (χ2n) is 13.3. The topological polar surface area (TPSA) is 17.8 Å². The highest BCUT2D eigenvalue weighted by molar-refractivity contribution is 8.00. The molecule has 1 aromatic heterocycles. The van der Waals surface area contributed by atoms with E-state index in [1.165, 1.54) is 68.9 Å². The van der Waals surface area contributed by atoms with Crippen molar-refractivity contribution in [1.29, 1.82) is 0 Å². The zero-order chi connectivity index (χ0) is 24.5. The summed E-state index contributed by atoms with van der Waals surface area (Å²) in [5.41, 5.74) is 3.68. The van der Waals surface area contributed by atoms with Gasteiger partial charge in [0.1, 0.15) is 0 Å². The summed E-state index contributed by atoms with van der Waals surface area (Å²) in [7, 11) is 0. The number of hydrogen-bond acceptors (Lipinski definition) is 3. The van der Waals surface area contributed by atoms with Crippen molar-refractivity contribution >= 4 is 25.3 Å². The van der Waals surface area contributed by atoms with Gasteiger partial charge in [-0.15, -0.1) is 6.58 Å². The van der Waals surface area contributed by atoms with Gasteiger partial charge in [0.2, 0.25) is 0 Å². The number of allylic oxidation sites excluding steroid dienone is 1. The Hall–Kier alpha value is -0.610. The lowest BCUT2D eigenvalue weighted by molar-refractivity contribution is -0.125. The highest BCUT2D eigenvalue weighted by atomic mass is 32.2. The van der Waals surface area contributed by atoms with Crippen LogP contribution >= 0.6 is 25.3 Å². The van der Waals surface area contributed by atoms with Crippen molar-refractivity contribution < 1.29 is 0 Å². The first-order valence-electron chi connectivity index (χ1n) is 13.7. The van der Waals surface area contributed by atoms with Crippen molar-refractivity contribution in [3.8, 4) is 0 Å².